The first-order chi connectivity index (χ1) is 13.3. The number of hydrogen-bond donors (Lipinski definition) is 0. The Morgan fingerprint density at radius 2 is 1.89 bits per heavy atom. The number of nitrogens with zero attached hydrogens (tertiary/aromatic N) is 3. The van der Waals surface area contributed by atoms with Crippen LogP contribution in [0, 0.1) is 5.92 Å². The summed E-state index contributed by atoms with van der Waals surface area (Å²) in [6.45, 7) is 4.63. The fourth-order valence-electron chi connectivity index (χ4n) is 4.14. The Bertz CT molecular complexity index is 738. The molecule has 2 aromatic rings. The number of benzene rings is 1. The molecule has 0 aliphatic carbocycles. The summed E-state index contributed by atoms with van der Waals surface area (Å²) >= 11 is 0. The molecule has 0 radical (unpaired) electrons. The molecule has 0 saturated carbocycles. The maximum absolute atomic E-state index is 12.9. The Morgan fingerprint density at radius 3 is 2.70 bits per heavy atom. The predicted molar refractivity (Wildman–Crippen MR) is 104 cm³/mol. The van der Waals surface area contributed by atoms with Gasteiger partial charge in [-0.3, -0.25) is 14.7 Å². The van der Waals surface area contributed by atoms with Crippen LogP contribution in [0.5, 0.6) is 0 Å². The zero-order chi connectivity index (χ0) is 18.5. The van der Waals surface area contributed by atoms with Gasteiger partial charge in [0.05, 0.1) is 31.4 Å². The van der Waals surface area contributed by atoms with Gasteiger partial charge in [-0.1, -0.05) is 36.4 Å². The maximum atomic E-state index is 12.9. The highest BCUT2D eigenvalue weighted by Crippen LogP contribution is 2.30. The minimum atomic E-state index is 0.113. The van der Waals surface area contributed by atoms with Crippen molar-refractivity contribution in [1.29, 1.82) is 0 Å². The number of aromatic nitrogens is 1. The SMILES string of the molecule is O=C1[C@H]2CC[C@H](CN(CCOCc3ccccc3)C2)N1Cc1ccccn1. The van der Waals surface area contributed by atoms with Crippen LogP contribution in [0.4, 0.5) is 0 Å². The number of piperidine rings is 1. The van der Waals surface area contributed by atoms with Crippen molar-refractivity contribution in [3.05, 3.63) is 66.0 Å². The van der Waals surface area contributed by atoms with Crippen LogP contribution < -0.4 is 0 Å². The van der Waals surface area contributed by atoms with Gasteiger partial charge < -0.3 is 9.64 Å². The van der Waals surface area contributed by atoms with Gasteiger partial charge >= 0.3 is 0 Å². The second-order valence-corrected chi connectivity index (χ2v) is 7.51. The molecular weight excluding hydrogens is 338 g/mol. The first-order valence-corrected chi connectivity index (χ1v) is 9.84. The molecule has 0 N–H and O–H groups in total. The summed E-state index contributed by atoms with van der Waals surface area (Å²) in [5, 5.41) is 0. The summed E-state index contributed by atoms with van der Waals surface area (Å²) in [7, 11) is 0. The summed E-state index contributed by atoms with van der Waals surface area (Å²) in [6.07, 6.45) is 3.89. The topological polar surface area (TPSA) is 45.7 Å². The number of pyridine rings is 1. The highest BCUT2D eigenvalue weighted by atomic mass is 16.5. The Kier molecular flexibility index (Phi) is 5.80. The van der Waals surface area contributed by atoms with E-state index in [1.54, 1.807) is 6.20 Å². The molecule has 3 fully saturated rings. The van der Waals surface area contributed by atoms with Crippen LogP contribution >= 0.6 is 0 Å². The minimum Gasteiger partial charge on any atom is -0.375 e. The second kappa shape index (κ2) is 8.63. The molecule has 0 unspecified atom stereocenters. The van der Waals surface area contributed by atoms with Crippen molar-refractivity contribution < 1.29 is 9.53 Å². The lowest BCUT2D eigenvalue weighted by Crippen LogP contribution is -2.47. The van der Waals surface area contributed by atoms with Crippen molar-refractivity contribution in [2.75, 3.05) is 26.2 Å². The lowest BCUT2D eigenvalue weighted by molar-refractivity contribution is -0.140. The van der Waals surface area contributed by atoms with E-state index in [9.17, 15) is 4.79 Å². The zero-order valence-corrected chi connectivity index (χ0v) is 15.7. The highest BCUT2D eigenvalue weighted by Gasteiger charge is 2.40. The minimum absolute atomic E-state index is 0.113. The molecule has 2 atom stereocenters. The number of carbonyl (C=O) groups is 1. The predicted octanol–water partition coefficient (Wildman–Crippen LogP) is 2.72. The smallest absolute Gasteiger partial charge is 0.227 e. The molecule has 3 saturated heterocycles. The van der Waals surface area contributed by atoms with Crippen LogP contribution in [-0.4, -0.2) is 53.0 Å². The third-order valence-corrected chi connectivity index (χ3v) is 5.59. The molecular formula is C22H27N3O2. The Labute approximate surface area is 161 Å². The van der Waals surface area contributed by atoms with Gasteiger partial charge in [0.25, 0.3) is 0 Å². The van der Waals surface area contributed by atoms with Gasteiger partial charge in [-0.2, -0.15) is 0 Å². The number of carbonyl (C=O) groups excluding carboxylic acids is 1. The van der Waals surface area contributed by atoms with Gasteiger partial charge in [0.1, 0.15) is 0 Å². The Morgan fingerprint density at radius 1 is 1.04 bits per heavy atom. The van der Waals surface area contributed by atoms with Gasteiger partial charge in [0.15, 0.2) is 0 Å². The quantitative estimate of drug-likeness (QED) is 0.708. The van der Waals surface area contributed by atoms with Crippen molar-refractivity contribution in [2.45, 2.75) is 32.0 Å². The van der Waals surface area contributed by atoms with Crippen LogP contribution in [0.3, 0.4) is 0 Å². The average Bonchev–Trinajstić information content (AvgIpc) is 2.99. The van der Waals surface area contributed by atoms with Gasteiger partial charge in [-0.15, -0.1) is 0 Å². The van der Waals surface area contributed by atoms with E-state index in [1.807, 2.05) is 36.4 Å². The molecule has 0 spiro atoms. The molecule has 1 aromatic carbocycles. The van der Waals surface area contributed by atoms with Crippen LogP contribution in [0.1, 0.15) is 24.1 Å². The normalized spacial score (nSPS) is 22.8. The third-order valence-electron chi connectivity index (χ3n) is 5.59. The number of ether oxygens (including phenoxy) is 1. The van der Waals surface area contributed by atoms with Gasteiger partial charge in [0, 0.05) is 31.9 Å². The van der Waals surface area contributed by atoms with Crippen LogP contribution in [0.2, 0.25) is 0 Å². The number of fused-ring (bicyclic) bond motifs is 4. The maximum Gasteiger partial charge on any atom is 0.227 e. The standard InChI is InChI=1S/C22H27N3O2/c26-22-19-9-10-21(25(22)15-20-8-4-5-11-23-20)16-24(14-19)12-13-27-17-18-6-2-1-3-7-18/h1-8,11,19,21H,9-10,12-17H2/t19-,21+/m0/s1. The molecule has 27 heavy (non-hydrogen) atoms. The van der Waals surface area contributed by atoms with Crippen molar-refractivity contribution >= 4 is 5.91 Å². The summed E-state index contributed by atoms with van der Waals surface area (Å²) in [5.74, 6) is 0.409. The highest BCUT2D eigenvalue weighted by molar-refractivity contribution is 5.80. The molecule has 142 valence electrons. The Hall–Kier alpha value is -2.24. The fourth-order valence-corrected chi connectivity index (χ4v) is 4.14. The molecule has 5 rings (SSSR count). The van der Waals surface area contributed by atoms with E-state index >= 15 is 0 Å². The lowest BCUT2D eigenvalue weighted by Gasteiger charge is -2.35. The van der Waals surface area contributed by atoms with Gasteiger partial charge in [-0.05, 0) is 30.5 Å². The molecule has 2 bridgehead atoms. The van der Waals surface area contributed by atoms with Crippen molar-refractivity contribution in [1.82, 2.24) is 14.8 Å². The van der Waals surface area contributed by atoms with E-state index in [2.05, 4.69) is 26.9 Å². The van der Waals surface area contributed by atoms with Crippen molar-refractivity contribution in [3.63, 3.8) is 0 Å². The molecule has 4 heterocycles. The molecule has 1 aromatic heterocycles. The van der Waals surface area contributed by atoms with Crippen molar-refractivity contribution in [3.8, 4) is 0 Å². The summed E-state index contributed by atoms with van der Waals surface area (Å²) < 4.78 is 5.85. The monoisotopic (exact) mass is 365 g/mol. The van der Waals surface area contributed by atoms with E-state index in [0.717, 1.165) is 38.2 Å². The molecule has 5 nitrogen and oxygen atoms in total. The largest absolute Gasteiger partial charge is 0.375 e. The van der Waals surface area contributed by atoms with Crippen LogP contribution in [-0.2, 0) is 22.7 Å². The average molecular weight is 365 g/mol. The van der Waals surface area contributed by atoms with E-state index in [-0.39, 0.29) is 12.0 Å². The zero-order valence-electron chi connectivity index (χ0n) is 15.7. The molecule has 3 aliphatic rings. The summed E-state index contributed by atoms with van der Waals surface area (Å²) in [5.41, 5.74) is 2.17. The van der Waals surface area contributed by atoms with E-state index in [1.165, 1.54) is 5.56 Å². The lowest BCUT2D eigenvalue weighted by atomic mass is 9.94. The van der Waals surface area contributed by atoms with Crippen molar-refractivity contribution in [2.24, 2.45) is 5.92 Å². The second-order valence-electron chi connectivity index (χ2n) is 7.51. The third kappa shape index (κ3) is 4.54. The molecule has 5 heteroatoms. The summed E-state index contributed by atoms with van der Waals surface area (Å²) in [6, 6.07) is 16.4. The van der Waals surface area contributed by atoms with Gasteiger partial charge in [0.2, 0.25) is 5.91 Å². The molecule has 1 amide bonds. The Balaban J connectivity index is 1.31. The first kappa shape index (κ1) is 18.1. The number of hydrogen-bond acceptors (Lipinski definition) is 4. The van der Waals surface area contributed by atoms with Crippen LogP contribution in [0.15, 0.2) is 54.7 Å². The fraction of sp³-hybridized carbons (Fsp3) is 0.455. The van der Waals surface area contributed by atoms with Gasteiger partial charge in [-0.25, -0.2) is 0 Å². The molecule has 3 aliphatic heterocycles. The van der Waals surface area contributed by atoms with E-state index in [4.69, 9.17) is 4.74 Å². The first-order valence-electron chi connectivity index (χ1n) is 9.84. The number of amides is 1. The number of rotatable bonds is 7. The van der Waals surface area contributed by atoms with E-state index < -0.39 is 0 Å². The van der Waals surface area contributed by atoms with Crippen LogP contribution in [0.25, 0.3) is 0 Å². The summed E-state index contributed by atoms with van der Waals surface area (Å²) in [4.78, 5) is 21.8. The van der Waals surface area contributed by atoms with E-state index in [0.29, 0.717) is 25.7 Å².